The van der Waals surface area contributed by atoms with Gasteiger partial charge in [-0.05, 0) is 49.4 Å². The second kappa shape index (κ2) is 71.0. The summed E-state index contributed by atoms with van der Waals surface area (Å²) in [5.41, 5.74) is 0. The highest BCUT2D eigenvalue weighted by atomic mass is 31.2. The van der Waals surface area contributed by atoms with E-state index < -0.39 is 97.5 Å². The maximum atomic E-state index is 13.1. The van der Waals surface area contributed by atoms with Crippen molar-refractivity contribution in [3.63, 3.8) is 0 Å². The fourth-order valence-electron chi connectivity index (χ4n) is 12.6. The van der Waals surface area contributed by atoms with Crippen LogP contribution in [-0.2, 0) is 65.4 Å². The molecular formula is C82H160O17P2. The molecule has 0 saturated heterocycles. The van der Waals surface area contributed by atoms with Crippen LogP contribution in [0.2, 0.25) is 0 Å². The lowest BCUT2D eigenvalue weighted by molar-refractivity contribution is -0.161. The number of carbonyl (C=O) groups excluding carboxylic acids is 4. The lowest BCUT2D eigenvalue weighted by Gasteiger charge is -2.21. The van der Waals surface area contributed by atoms with E-state index in [0.29, 0.717) is 25.7 Å². The summed E-state index contributed by atoms with van der Waals surface area (Å²) < 4.78 is 68.7. The van der Waals surface area contributed by atoms with Crippen molar-refractivity contribution in [1.82, 2.24) is 0 Å². The fourth-order valence-corrected chi connectivity index (χ4v) is 14.2. The number of esters is 4. The van der Waals surface area contributed by atoms with Gasteiger partial charge in [-0.25, -0.2) is 9.13 Å². The van der Waals surface area contributed by atoms with Gasteiger partial charge in [0.2, 0.25) is 0 Å². The third-order valence-corrected chi connectivity index (χ3v) is 21.3. The molecule has 0 aliphatic rings. The average Bonchev–Trinajstić information content (AvgIpc) is 0.921. The smallest absolute Gasteiger partial charge is 0.462 e. The summed E-state index contributed by atoms with van der Waals surface area (Å²) in [6.45, 7) is 14.2. The highest BCUT2D eigenvalue weighted by molar-refractivity contribution is 7.47. The SMILES string of the molecule is CCC(C)CCCCCCCCC(=O)O[C@H](COC(=O)CCCCCCCCCCC(C)C)COP(=O)(O)OCC(O)COP(=O)(O)OC[C@@H](COC(=O)CCCCCCCCCCCCCCCCCCCCC(C)C)OC(=O)CCCCCCCCCCCCCCCCCCC(C)C. The molecule has 0 heterocycles. The highest BCUT2D eigenvalue weighted by Gasteiger charge is 2.30. The molecule has 0 aromatic rings. The third-order valence-electron chi connectivity index (χ3n) is 19.4. The van der Waals surface area contributed by atoms with Crippen LogP contribution in [0.5, 0.6) is 0 Å². The molecule has 19 heteroatoms. The molecule has 17 nitrogen and oxygen atoms in total. The lowest BCUT2D eigenvalue weighted by Crippen LogP contribution is -2.30. The van der Waals surface area contributed by atoms with Gasteiger partial charge in [0.1, 0.15) is 19.3 Å². The van der Waals surface area contributed by atoms with Crippen LogP contribution in [0.25, 0.3) is 0 Å². The largest absolute Gasteiger partial charge is 0.472 e. The number of rotatable bonds is 79. The minimum atomic E-state index is -4.96. The Balaban J connectivity index is 5.20. The number of aliphatic hydroxyl groups excluding tert-OH is 1. The number of ether oxygens (including phenoxy) is 4. The molecular weight excluding hydrogens is 1320 g/mol. The highest BCUT2D eigenvalue weighted by Crippen LogP contribution is 2.45. The van der Waals surface area contributed by atoms with Gasteiger partial charge in [0.15, 0.2) is 12.2 Å². The summed E-state index contributed by atoms with van der Waals surface area (Å²) in [6.07, 6.45) is 58.5. The zero-order valence-electron chi connectivity index (χ0n) is 66.5. The van der Waals surface area contributed by atoms with Crippen molar-refractivity contribution in [2.45, 2.75) is 440 Å². The Morgan fingerprint density at radius 2 is 0.475 bits per heavy atom. The van der Waals surface area contributed by atoms with Crippen LogP contribution in [-0.4, -0.2) is 96.7 Å². The minimum absolute atomic E-state index is 0.102. The van der Waals surface area contributed by atoms with Crippen LogP contribution in [0.15, 0.2) is 0 Å². The molecule has 101 heavy (non-hydrogen) atoms. The van der Waals surface area contributed by atoms with Crippen molar-refractivity contribution in [2.75, 3.05) is 39.6 Å². The van der Waals surface area contributed by atoms with Gasteiger partial charge >= 0.3 is 39.5 Å². The first-order valence-electron chi connectivity index (χ1n) is 42.2. The first-order chi connectivity index (χ1) is 48.6. The number of hydrogen-bond donors (Lipinski definition) is 3. The Morgan fingerprint density at radius 1 is 0.277 bits per heavy atom. The first-order valence-corrected chi connectivity index (χ1v) is 45.2. The molecule has 0 aliphatic heterocycles. The number of carbonyl (C=O) groups is 4. The Morgan fingerprint density at radius 3 is 0.703 bits per heavy atom. The third kappa shape index (κ3) is 74.7. The molecule has 0 aromatic carbocycles. The summed E-state index contributed by atoms with van der Waals surface area (Å²) in [5, 5.41) is 10.6. The Hall–Kier alpha value is -1.94. The molecule has 600 valence electrons. The number of phosphoric ester groups is 2. The van der Waals surface area contributed by atoms with Crippen LogP contribution in [0, 0.1) is 23.7 Å². The lowest BCUT2D eigenvalue weighted by atomic mass is 10.00. The van der Waals surface area contributed by atoms with Gasteiger partial charge in [0, 0.05) is 25.7 Å². The van der Waals surface area contributed by atoms with E-state index in [1.807, 2.05) is 0 Å². The zero-order valence-corrected chi connectivity index (χ0v) is 68.3. The monoisotopic (exact) mass is 1480 g/mol. The summed E-state index contributed by atoms with van der Waals surface area (Å²) in [7, 11) is -9.92. The van der Waals surface area contributed by atoms with Crippen LogP contribution in [0.3, 0.4) is 0 Å². The van der Waals surface area contributed by atoms with Gasteiger partial charge < -0.3 is 33.8 Å². The predicted octanol–water partition coefficient (Wildman–Crippen LogP) is 24.4. The normalized spacial score (nSPS) is 14.3. The molecule has 0 bridgehead atoms. The quantitative estimate of drug-likeness (QED) is 0.0222. The predicted molar refractivity (Wildman–Crippen MR) is 414 cm³/mol. The van der Waals surface area contributed by atoms with E-state index in [2.05, 4.69) is 55.4 Å². The van der Waals surface area contributed by atoms with Crippen LogP contribution < -0.4 is 0 Å². The molecule has 0 aliphatic carbocycles. The van der Waals surface area contributed by atoms with Gasteiger partial charge in [-0.1, -0.05) is 370 Å². The van der Waals surface area contributed by atoms with Gasteiger partial charge in [0.05, 0.1) is 26.4 Å². The second-order valence-electron chi connectivity index (χ2n) is 31.2. The Kier molecular flexibility index (Phi) is 69.6. The molecule has 6 atom stereocenters. The van der Waals surface area contributed by atoms with E-state index >= 15 is 0 Å². The topological polar surface area (TPSA) is 237 Å². The van der Waals surface area contributed by atoms with Crippen molar-refractivity contribution in [3.05, 3.63) is 0 Å². The van der Waals surface area contributed by atoms with Gasteiger partial charge in [-0.15, -0.1) is 0 Å². The van der Waals surface area contributed by atoms with Crippen molar-refractivity contribution < 1.29 is 80.2 Å². The molecule has 0 saturated carbocycles. The molecule has 0 rings (SSSR count). The maximum Gasteiger partial charge on any atom is 0.472 e. The number of aliphatic hydroxyl groups is 1. The molecule has 0 amide bonds. The second-order valence-corrected chi connectivity index (χ2v) is 34.1. The minimum Gasteiger partial charge on any atom is -0.462 e. The molecule has 4 unspecified atom stereocenters. The summed E-state index contributed by atoms with van der Waals surface area (Å²) in [5.74, 6) is 0.962. The Bertz CT molecular complexity index is 1970. The Labute approximate surface area is 619 Å². The summed E-state index contributed by atoms with van der Waals surface area (Å²) in [4.78, 5) is 73.0. The van der Waals surface area contributed by atoms with Crippen LogP contribution in [0.1, 0.15) is 421 Å². The van der Waals surface area contributed by atoms with Crippen molar-refractivity contribution in [2.24, 2.45) is 23.7 Å². The molecule has 3 N–H and O–H groups in total. The molecule has 0 spiro atoms. The van der Waals surface area contributed by atoms with Crippen LogP contribution >= 0.6 is 15.6 Å². The number of hydrogen-bond acceptors (Lipinski definition) is 15. The maximum absolute atomic E-state index is 13.1. The molecule has 0 fully saturated rings. The van der Waals surface area contributed by atoms with E-state index in [9.17, 15) is 43.2 Å². The van der Waals surface area contributed by atoms with Crippen molar-refractivity contribution in [1.29, 1.82) is 0 Å². The number of phosphoric acid groups is 2. The van der Waals surface area contributed by atoms with Crippen molar-refractivity contribution in [3.8, 4) is 0 Å². The molecule has 0 radical (unpaired) electrons. The van der Waals surface area contributed by atoms with E-state index in [4.69, 9.17) is 37.0 Å². The first kappa shape index (κ1) is 99.1. The fraction of sp³-hybridized carbons (Fsp3) is 0.951. The van der Waals surface area contributed by atoms with Gasteiger partial charge in [0.25, 0.3) is 0 Å². The number of unbranched alkanes of at least 4 members (excludes halogenated alkanes) is 44. The standard InChI is InChI=1S/C82H160O17P2/c1-9-75(8)61-53-45-40-41-49-57-65-82(87)99-78(69-93-80(85)63-55-47-38-33-32-36-44-52-60-74(6)7)71-97-101(90,91)95-67-76(83)66-94-100(88,89)96-70-77(98-81(86)64-56-48-39-31-27-23-19-15-14-17-21-25-29-35-43-51-59-73(4)5)68-92-79(84)62-54-46-37-30-26-22-18-13-11-10-12-16-20-24-28-34-42-50-58-72(2)3/h72-78,83H,9-71H2,1-8H3,(H,88,89)(H,90,91)/t75?,76?,77-,78-/m1/s1. The molecule has 0 aromatic heterocycles. The average molecular weight is 1480 g/mol. The van der Waals surface area contributed by atoms with Crippen molar-refractivity contribution >= 4 is 39.5 Å². The van der Waals surface area contributed by atoms with Gasteiger partial charge in [-0.3, -0.25) is 37.3 Å². The van der Waals surface area contributed by atoms with Gasteiger partial charge in [-0.2, -0.15) is 0 Å². The summed E-state index contributed by atoms with van der Waals surface area (Å²) in [6, 6.07) is 0. The van der Waals surface area contributed by atoms with E-state index in [0.717, 1.165) is 114 Å². The van der Waals surface area contributed by atoms with Crippen LogP contribution in [0.4, 0.5) is 0 Å². The van der Waals surface area contributed by atoms with E-state index in [1.165, 1.54) is 225 Å². The summed E-state index contributed by atoms with van der Waals surface area (Å²) >= 11 is 0. The van der Waals surface area contributed by atoms with E-state index in [-0.39, 0.29) is 25.7 Å². The zero-order chi connectivity index (χ0) is 74.6. The van der Waals surface area contributed by atoms with E-state index in [1.54, 1.807) is 0 Å².